The molecule has 7 nitrogen and oxygen atoms in total. The molecule has 7 heteroatoms. The molecule has 0 spiro atoms. The number of nitrogens with zero attached hydrogens (tertiary/aromatic N) is 3. The number of hydrazine groups is 1. The molecule has 0 bridgehead atoms. The van der Waals surface area contributed by atoms with Gasteiger partial charge in [0.15, 0.2) is 0 Å². The zero-order valence-electron chi connectivity index (χ0n) is 11.4. The van der Waals surface area contributed by atoms with Gasteiger partial charge in [-0.15, -0.1) is 5.01 Å². The van der Waals surface area contributed by atoms with E-state index >= 15 is 0 Å². The van der Waals surface area contributed by atoms with Crippen LogP contribution in [-0.2, 0) is 0 Å². The summed E-state index contributed by atoms with van der Waals surface area (Å²) in [5.41, 5.74) is 0. The highest BCUT2D eigenvalue weighted by atomic mass is 16.6. The maximum atomic E-state index is 10.4. The van der Waals surface area contributed by atoms with Crippen LogP contribution in [0.4, 0.5) is 0 Å². The summed E-state index contributed by atoms with van der Waals surface area (Å²) < 4.78 is 0. The van der Waals surface area contributed by atoms with Crippen LogP contribution in [0.25, 0.3) is 0 Å². The van der Waals surface area contributed by atoms with Crippen molar-refractivity contribution in [2.45, 2.75) is 27.7 Å². The molecule has 104 valence electrons. The van der Waals surface area contributed by atoms with Crippen molar-refractivity contribution in [3.05, 3.63) is 5.21 Å². The van der Waals surface area contributed by atoms with Crippen molar-refractivity contribution in [3.63, 3.8) is 0 Å². The minimum absolute atomic E-state index is 0.167. The molecule has 0 aromatic heterocycles. The second-order valence-corrected chi connectivity index (χ2v) is 3.19. The van der Waals surface area contributed by atoms with Gasteiger partial charge in [0, 0.05) is 13.1 Å². The summed E-state index contributed by atoms with van der Waals surface area (Å²) in [5, 5.41) is 28.6. The summed E-state index contributed by atoms with van der Waals surface area (Å²) in [4.78, 5) is 0.167. The van der Waals surface area contributed by atoms with E-state index in [9.17, 15) is 5.21 Å². The Hall–Kier alpha value is -1.08. The minimum Gasteiger partial charge on any atom is -0.569 e. The van der Waals surface area contributed by atoms with Crippen molar-refractivity contribution < 1.29 is 10.2 Å². The van der Waals surface area contributed by atoms with Crippen LogP contribution in [0.2, 0.25) is 0 Å². The maximum Gasteiger partial charge on any atom is 0.230 e. The van der Waals surface area contributed by atoms with E-state index in [2.05, 4.69) is 29.8 Å². The quantitative estimate of drug-likeness (QED) is 0.256. The number of rotatable bonds is 8. The molecule has 0 saturated heterocycles. The smallest absolute Gasteiger partial charge is 0.230 e. The third-order valence-electron chi connectivity index (χ3n) is 2.03. The van der Waals surface area contributed by atoms with Crippen molar-refractivity contribution in [2.75, 3.05) is 39.3 Å². The molecule has 0 aliphatic rings. The summed E-state index contributed by atoms with van der Waals surface area (Å²) in [6.07, 6.45) is 0. The van der Waals surface area contributed by atoms with E-state index in [0.29, 0.717) is 13.1 Å². The Kier molecular flexibility index (Phi) is 16.1. The van der Waals surface area contributed by atoms with Gasteiger partial charge in [-0.2, -0.15) is 0 Å². The molecular formula is C10H27N5O2. The lowest BCUT2D eigenvalue weighted by Gasteiger charge is -2.11. The number of likely N-dealkylation sites (N-methyl/N-ethyl adjacent to an activating group) is 2. The second-order valence-electron chi connectivity index (χ2n) is 3.19. The predicted octanol–water partition coefficient (Wildman–Crippen LogP) is 0.800. The van der Waals surface area contributed by atoms with Crippen LogP contribution in [-0.4, -0.2) is 54.5 Å². The third-order valence-corrected chi connectivity index (χ3v) is 2.03. The fraction of sp³-hybridized carbons (Fsp3) is 1.00. The van der Waals surface area contributed by atoms with Gasteiger partial charge < -0.3 is 21.0 Å². The van der Waals surface area contributed by atoms with Gasteiger partial charge in [-0.1, -0.05) is 13.8 Å². The van der Waals surface area contributed by atoms with Crippen LogP contribution in [0.1, 0.15) is 27.7 Å². The minimum atomic E-state index is 0.167. The Bertz CT molecular complexity index is 168. The number of hydrogen-bond acceptors (Lipinski definition) is 4. The van der Waals surface area contributed by atoms with E-state index in [-0.39, 0.29) is 4.97 Å². The van der Waals surface area contributed by atoms with Crippen LogP contribution >= 0.6 is 0 Å². The van der Waals surface area contributed by atoms with E-state index < -0.39 is 0 Å². The van der Waals surface area contributed by atoms with Crippen LogP contribution < -0.4 is 10.6 Å². The first-order valence-electron chi connectivity index (χ1n) is 6.16. The van der Waals surface area contributed by atoms with Crippen molar-refractivity contribution in [1.29, 1.82) is 0 Å². The zero-order valence-corrected chi connectivity index (χ0v) is 11.4. The van der Waals surface area contributed by atoms with Gasteiger partial charge >= 0.3 is 0 Å². The molecule has 0 aromatic carbocycles. The van der Waals surface area contributed by atoms with Gasteiger partial charge in [-0.25, -0.2) is 0 Å². The first-order chi connectivity index (χ1) is 8.17. The molecule has 0 aliphatic heterocycles. The summed E-state index contributed by atoms with van der Waals surface area (Å²) >= 11 is 0. The number of nitrogens with one attached hydrogen (secondary N) is 2. The Morgan fingerprint density at radius 3 is 1.65 bits per heavy atom. The van der Waals surface area contributed by atoms with Crippen LogP contribution in [0, 0.1) is 5.21 Å². The highest BCUT2D eigenvalue weighted by molar-refractivity contribution is 4.46. The molecule has 0 atom stereocenters. The Morgan fingerprint density at radius 1 is 1.06 bits per heavy atom. The van der Waals surface area contributed by atoms with E-state index in [4.69, 9.17) is 5.21 Å². The normalized spacial score (nSPS) is 10.7. The van der Waals surface area contributed by atoms with E-state index in [1.807, 2.05) is 0 Å². The Morgan fingerprint density at radius 2 is 1.47 bits per heavy atom. The molecular weight excluding hydrogens is 222 g/mol. The van der Waals surface area contributed by atoms with E-state index in [0.717, 1.165) is 26.2 Å². The molecule has 3 N–H and O–H groups in total. The van der Waals surface area contributed by atoms with Gasteiger partial charge in [0.25, 0.3) is 0 Å². The highest BCUT2D eigenvalue weighted by Crippen LogP contribution is 1.86. The standard InChI is InChI=1S/C6H16N2.C4H11N3O2/c1-3-7-5-6-8-4-2;1-3-6(4-2)7(9)5-8/h7-8H,3-6H2,1-2H3;8H,3-4H2,1-2H3/b;7-5-. The molecule has 0 unspecified atom stereocenters. The van der Waals surface area contributed by atoms with Crippen molar-refractivity contribution in [1.82, 2.24) is 15.6 Å². The average molecular weight is 249 g/mol. The lowest BCUT2D eigenvalue weighted by molar-refractivity contribution is -0.708. The monoisotopic (exact) mass is 249 g/mol. The van der Waals surface area contributed by atoms with Crippen LogP contribution in [0.5, 0.6) is 0 Å². The molecule has 0 heterocycles. The fourth-order valence-corrected chi connectivity index (χ4v) is 1.05. The lowest BCUT2D eigenvalue weighted by atomic mass is 10.6. The van der Waals surface area contributed by atoms with E-state index in [1.54, 1.807) is 13.8 Å². The predicted molar refractivity (Wildman–Crippen MR) is 67.9 cm³/mol. The highest BCUT2D eigenvalue weighted by Gasteiger charge is 2.04. The summed E-state index contributed by atoms with van der Waals surface area (Å²) in [6.45, 7) is 13.3. The molecule has 0 radical (unpaired) electrons. The van der Waals surface area contributed by atoms with Gasteiger partial charge in [-0.05, 0) is 26.9 Å². The molecule has 17 heavy (non-hydrogen) atoms. The fourth-order valence-electron chi connectivity index (χ4n) is 1.05. The van der Waals surface area contributed by atoms with E-state index in [1.165, 1.54) is 5.01 Å². The summed E-state index contributed by atoms with van der Waals surface area (Å²) in [5.74, 6) is 0. The van der Waals surface area contributed by atoms with Crippen molar-refractivity contribution in [3.8, 4) is 0 Å². The zero-order chi connectivity index (χ0) is 13.5. The molecule has 0 fully saturated rings. The lowest BCUT2D eigenvalue weighted by Crippen LogP contribution is -2.29. The van der Waals surface area contributed by atoms with Crippen LogP contribution in [0.3, 0.4) is 0 Å². The van der Waals surface area contributed by atoms with Gasteiger partial charge in [0.05, 0.1) is 18.1 Å². The SMILES string of the molecule is CCN(CC)/[N+]([O-])=N/O.CCNCCNCC. The topological polar surface area (TPSA) is 86.0 Å². The summed E-state index contributed by atoms with van der Waals surface area (Å²) in [6, 6.07) is 0. The second kappa shape index (κ2) is 14.9. The van der Waals surface area contributed by atoms with Gasteiger partial charge in [0.1, 0.15) is 0 Å². The maximum absolute atomic E-state index is 10.4. The average Bonchev–Trinajstić information content (AvgIpc) is 2.36. The molecule has 0 saturated carbocycles. The first-order valence-corrected chi connectivity index (χ1v) is 6.16. The molecule has 0 rings (SSSR count). The first kappa shape index (κ1) is 18.3. The Labute approximate surface area is 104 Å². The number of hydrogen-bond donors (Lipinski definition) is 3. The van der Waals surface area contributed by atoms with Crippen LogP contribution in [0.15, 0.2) is 5.28 Å². The van der Waals surface area contributed by atoms with Crippen molar-refractivity contribution >= 4 is 0 Å². The van der Waals surface area contributed by atoms with Gasteiger partial charge in [0.2, 0.25) is 5.28 Å². The van der Waals surface area contributed by atoms with Gasteiger partial charge in [-0.3, -0.25) is 0 Å². The molecule has 0 amide bonds. The van der Waals surface area contributed by atoms with Crippen molar-refractivity contribution in [2.24, 2.45) is 5.28 Å². The largest absolute Gasteiger partial charge is 0.569 e. The molecule has 0 aromatic rings. The summed E-state index contributed by atoms with van der Waals surface area (Å²) in [7, 11) is 0. The molecule has 0 aliphatic carbocycles. The Balaban J connectivity index is 0. The third kappa shape index (κ3) is 12.9.